The molecule has 0 aliphatic rings. The van der Waals surface area contributed by atoms with Crippen LogP contribution in [0.2, 0.25) is 0 Å². The summed E-state index contributed by atoms with van der Waals surface area (Å²) in [5.41, 5.74) is -0.331. The van der Waals surface area contributed by atoms with Crippen LogP contribution >= 0.6 is 0 Å². The molecule has 2 N–H and O–H groups in total. The number of nitrogens with one attached hydrogen (secondary N) is 1. The van der Waals surface area contributed by atoms with Crippen molar-refractivity contribution in [1.82, 2.24) is 5.32 Å². The van der Waals surface area contributed by atoms with Gasteiger partial charge in [0, 0.05) is 11.1 Å². The first-order valence-electron chi connectivity index (χ1n) is 5.34. The molecule has 0 bridgehead atoms. The van der Waals surface area contributed by atoms with Crippen LogP contribution in [-0.2, 0) is 14.4 Å². The number of rotatable bonds is 6. The Balaban J connectivity index is 4.39. The number of amides is 1. The van der Waals surface area contributed by atoms with Crippen LogP contribution in [-0.4, -0.2) is 28.3 Å². The van der Waals surface area contributed by atoms with E-state index in [1.54, 1.807) is 19.9 Å². The standard InChI is InChI=1S/C12H19NO4/c1-8(11(16)17)5-6-12(3,4)13-10(15)7-9(2)14/h5H,6-7H2,1-4H3,(H,13,15)(H,16,17)/b8-5+. The Morgan fingerprint density at radius 3 is 2.18 bits per heavy atom. The van der Waals surface area contributed by atoms with Gasteiger partial charge in [0.05, 0.1) is 6.42 Å². The van der Waals surface area contributed by atoms with Gasteiger partial charge in [-0.3, -0.25) is 9.59 Å². The molecule has 0 aromatic rings. The second-order valence-electron chi connectivity index (χ2n) is 4.71. The summed E-state index contributed by atoms with van der Waals surface area (Å²) < 4.78 is 0. The van der Waals surface area contributed by atoms with Crippen molar-refractivity contribution in [2.75, 3.05) is 0 Å². The number of carbonyl (C=O) groups is 3. The third-order valence-electron chi connectivity index (χ3n) is 2.14. The second kappa shape index (κ2) is 6.18. The van der Waals surface area contributed by atoms with Gasteiger partial charge in [-0.05, 0) is 34.1 Å². The van der Waals surface area contributed by atoms with Crippen LogP contribution in [0.5, 0.6) is 0 Å². The number of hydrogen-bond donors (Lipinski definition) is 2. The molecule has 0 saturated heterocycles. The summed E-state index contributed by atoms with van der Waals surface area (Å²) in [5, 5.41) is 11.4. The van der Waals surface area contributed by atoms with Crippen molar-refractivity contribution in [3.05, 3.63) is 11.6 Å². The van der Waals surface area contributed by atoms with E-state index in [2.05, 4.69) is 5.32 Å². The van der Waals surface area contributed by atoms with Crippen LogP contribution in [0, 0.1) is 0 Å². The van der Waals surface area contributed by atoms with E-state index < -0.39 is 11.5 Å². The van der Waals surface area contributed by atoms with Crippen molar-refractivity contribution >= 4 is 17.7 Å². The average molecular weight is 241 g/mol. The van der Waals surface area contributed by atoms with Gasteiger partial charge in [-0.25, -0.2) is 4.79 Å². The van der Waals surface area contributed by atoms with E-state index in [4.69, 9.17) is 5.11 Å². The minimum atomic E-state index is -0.976. The first-order chi connectivity index (χ1) is 7.64. The molecule has 0 aromatic heterocycles. The SMILES string of the molecule is CC(=O)CC(=O)NC(C)(C)C/C=C(\C)C(=O)O. The fourth-order valence-electron chi connectivity index (χ4n) is 1.19. The molecule has 0 aromatic carbocycles. The van der Waals surface area contributed by atoms with Crippen LogP contribution in [0.3, 0.4) is 0 Å². The first kappa shape index (κ1) is 15.3. The van der Waals surface area contributed by atoms with Gasteiger partial charge in [-0.1, -0.05) is 6.08 Å². The van der Waals surface area contributed by atoms with Gasteiger partial charge < -0.3 is 10.4 Å². The van der Waals surface area contributed by atoms with E-state index in [1.807, 2.05) is 0 Å². The van der Waals surface area contributed by atoms with Crippen LogP contribution in [0.1, 0.15) is 40.5 Å². The lowest BCUT2D eigenvalue weighted by molar-refractivity contribution is -0.132. The number of ketones is 1. The van der Waals surface area contributed by atoms with Crippen molar-refractivity contribution in [3.63, 3.8) is 0 Å². The number of carboxylic acid groups (broad SMARTS) is 1. The number of hydrogen-bond acceptors (Lipinski definition) is 3. The highest BCUT2D eigenvalue weighted by Gasteiger charge is 2.20. The molecule has 0 heterocycles. The minimum absolute atomic E-state index is 0.148. The number of Topliss-reactive ketones (excluding diaryl/α,β-unsaturated/α-hetero) is 1. The van der Waals surface area contributed by atoms with Crippen LogP contribution in [0.25, 0.3) is 0 Å². The molecule has 0 rings (SSSR count). The predicted octanol–water partition coefficient (Wildman–Crippen LogP) is 1.28. The molecule has 5 nitrogen and oxygen atoms in total. The third kappa shape index (κ3) is 7.27. The lowest BCUT2D eigenvalue weighted by atomic mass is 9.98. The van der Waals surface area contributed by atoms with Gasteiger partial charge >= 0.3 is 5.97 Å². The summed E-state index contributed by atoms with van der Waals surface area (Å²) in [4.78, 5) is 32.7. The lowest BCUT2D eigenvalue weighted by Crippen LogP contribution is -2.43. The molecular formula is C12H19NO4. The maximum atomic E-state index is 11.4. The average Bonchev–Trinajstić information content (AvgIpc) is 2.11. The summed E-state index contributed by atoms with van der Waals surface area (Å²) in [7, 11) is 0. The zero-order valence-electron chi connectivity index (χ0n) is 10.7. The van der Waals surface area contributed by atoms with Crippen molar-refractivity contribution in [1.29, 1.82) is 0 Å². The van der Waals surface area contributed by atoms with E-state index in [9.17, 15) is 14.4 Å². The van der Waals surface area contributed by atoms with Crippen molar-refractivity contribution in [3.8, 4) is 0 Å². The third-order valence-corrected chi connectivity index (χ3v) is 2.14. The normalized spacial score (nSPS) is 12.1. The molecule has 0 atom stereocenters. The number of carboxylic acids is 1. The summed E-state index contributed by atoms with van der Waals surface area (Å²) >= 11 is 0. The fourth-order valence-corrected chi connectivity index (χ4v) is 1.19. The van der Waals surface area contributed by atoms with Crippen molar-refractivity contribution < 1.29 is 19.5 Å². The van der Waals surface area contributed by atoms with Crippen LogP contribution in [0.15, 0.2) is 11.6 Å². The maximum absolute atomic E-state index is 11.4. The van der Waals surface area contributed by atoms with Crippen LogP contribution < -0.4 is 5.32 Å². The van der Waals surface area contributed by atoms with E-state index in [-0.39, 0.29) is 23.7 Å². The van der Waals surface area contributed by atoms with Gasteiger partial charge in [0.2, 0.25) is 5.91 Å². The van der Waals surface area contributed by atoms with Crippen LogP contribution in [0.4, 0.5) is 0 Å². The van der Waals surface area contributed by atoms with Gasteiger partial charge in [0.15, 0.2) is 0 Å². The number of carbonyl (C=O) groups excluding carboxylic acids is 2. The van der Waals surface area contributed by atoms with Gasteiger partial charge in [0.25, 0.3) is 0 Å². The molecule has 0 radical (unpaired) electrons. The zero-order chi connectivity index (χ0) is 13.6. The zero-order valence-corrected chi connectivity index (χ0v) is 10.7. The Hall–Kier alpha value is -1.65. The molecule has 0 aliphatic heterocycles. The lowest BCUT2D eigenvalue weighted by Gasteiger charge is -2.24. The Morgan fingerprint density at radius 2 is 1.76 bits per heavy atom. The molecule has 0 spiro atoms. The van der Waals surface area contributed by atoms with Crippen molar-refractivity contribution in [2.45, 2.75) is 46.1 Å². The summed E-state index contributed by atoms with van der Waals surface area (Å²) in [6, 6.07) is 0. The molecule has 5 heteroatoms. The Labute approximate surface area is 101 Å². The molecule has 1 amide bonds. The topological polar surface area (TPSA) is 83.5 Å². The fraction of sp³-hybridized carbons (Fsp3) is 0.583. The first-order valence-corrected chi connectivity index (χ1v) is 5.34. The van der Waals surface area contributed by atoms with Gasteiger partial charge in [-0.15, -0.1) is 0 Å². The summed E-state index contributed by atoms with van der Waals surface area (Å²) in [6.45, 7) is 6.39. The highest BCUT2D eigenvalue weighted by molar-refractivity contribution is 5.97. The van der Waals surface area contributed by atoms with Crippen molar-refractivity contribution in [2.24, 2.45) is 0 Å². The predicted molar refractivity (Wildman–Crippen MR) is 63.5 cm³/mol. The quantitative estimate of drug-likeness (QED) is 0.542. The molecule has 0 aliphatic carbocycles. The molecular weight excluding hydrogens is 222 g/mol. The highest BCUT2D eigenvalue weighted by atomic mass is 16.4. The molecule has 96 valence electrons. The minimum Gasteiger partial charge on any atom is -0.478 e. The van der Waals surface area contributed by atoms with E-state index in [0.29, 0.717) is 6.42 Å². The van der Waals surface area contributed by atoms with E-state index in [1.165, 1.54) is 13.8 Å². The van der Waals surface area contributed by atoms with E-state index >= 15 is 0 Å². The summed E-state index contributed by atoms with van der Waals surface area (Å²) in [6.07, 6.45) is 1.80. The molecule has 17 heavy (non-hydrogen) atoms. The number of aliphatic carboxylic acids is 1. The molecule has 0 fully saturated rings. The maximum Gasteiger partial charge on any atom is 0.330 e. The van der Waals surface area contributed by atoms with Gasteiger partial charge in [0.1, 0.15) is 5.78 Å². The smallest absolute Gasteiger partial charge is 0.330 e. The molecule has 0 saturated carbocycles. The monoisotopic (exact) mass is 241 g/mol. The van der Waals surface area contributed by atoms with Gasteiger partial charge in [-0.2, -0.15) is 0 Å². The molecule has 0 unspecified atom stereocenters. The Bertz CT molecular complexity index is 356. The Kier molecular flexibility index (Phi) is 5.58. The summed E-state index contributed by atoms with van der Waals surface area (Å²) in [5.74, 6) is -1.52. The second-order valence-corrected chi connectivity index (χ2v) is 4.71. The largest absolute Gasteiger partial charge is 0.478 e. The Morgan fingerprint density at radius 1 is 1.24 bits per heavy atom. The van der Waals surface area contributed by atoms with E-state index in [0.717, 1.165) is 0 Å². The highest BCUT2D eigenvalue weighted by Crippen LogP contribution is 2.11.